The molecule has 2 atom stereocenters. The van der Waals surface area contributed by atoms with Crippen LogP contribution in [0, 0.1) is 17.3 Å². The fourth-order valence-corrected chi connectivity index (χ4v) is 2.66. The Hall–Kier alpha value is -2.37. The van der Waals surface area contributed by atoms with Crippen LogP contribution in [0.2, 0.25) is 0 Å². The molecule has 6 heteroatoms. The summed E-state index contributed by atoms with van der Waals surface area (Å²) in [5.41, 5.74) is 0.503. The fraction of sp³-hybridized carbons (Fsp3) is 0.400. The molecule has 0 bridgehead atoms. The lowest BCUT2D eigenvalue weighted by Gasteiger charge is -2.07. The molecule has 1 aromatic carbocycles. The predicted molar refractivity (Wildman–Crippen MR) is 76.9 cm³/mol. The quantitative estimate of drug-likeness (QED) is 0.779. The molecule has 1 aliphatic carbocycles. The lowest BCUT2D eigenvalue weighted by atomic mass is 10.1. The normalized spacial score (nSPS) is 22.2. The summed E-state index contributed by atoms with van der Waals surface area (Å²) < 4.78 is 0. The zero-order valence-corrected chi connectivity index (χ0v) is 12.1. The van der Waals surface area contributed by atoms with Crippen molar-refractivity contribution >= 4 is 23.5 Å². The molecule has 0 saturated heterocycles. The Bertz CT molecular complexity index is 592. The first-order valence-corrected chi connectivity index (χ1v) is 6.65. The molecule has 0 radical (unpaired) electrons. The van der Waals surface area contributed by atoms with Crippen molar-refractivity contribution in [2.24, 2.45) is 17.3 Å². The first kappa shape index (κ1) is 15.0. The van der Waals surface area contributed by atoms with Crippen LogP contribution in [0.4, 0.5) is 5.69 Å². The van der Waals surface area contributed by atoms with Crippen LogP contribution in [-0.4, -0.2) is 29.9 Å². The highest BCUT2D eigenvalue weighted by molar-refractivity contribution is 6.00. The van der Waals surface area contributed by atoms with Crippen LogP contribution in [0.15, 0.2) is 24.3 Å². The molecule has 0 aromatic heterocycles. The second-order valence-corrected chi connectivity index (χ2v) is 5.76. The van der Waals surface area contributed by atoms with E-state index in [4.69, 9.17) is 5.11 Å². The summed E-state index contributed by atoms with van der Waals surface area (Å²) in [5.74, 6) is -2.64. The monoisotopic (exact) mass is 290 g/mol. The number of anilines is 1. The number of amides is 2. The Labute approximate surface area is 122 Å². The average molecular weight is 290 g/mol. The summed E-state index contributed by atoms with van der Waals surface area (Å²) in [6.07, 6.45) is 0. The van der Waals surface area contributed by atoms with Crippen molar-refractivity contribution in [3.8, 4) is 0 Å². The number of carboxylic acid groups (broad SMARTS) is 1. The topological polar surface area (TPSA) is 95.5 Å². The van der Waals surface area contributed by atoms with E-state index >= 15 is 0 Å². The van der Waals surface area contributed by atoms with E-state index in [2.05, 4.69) is 10.6 Å². The number of rotatable bonds is 4. The highest BCUT2D eigenvalue weighted by Crippen LogP contribution is 2.58. The third kappa shape index (κ3) is 2.74. The van der Waals surface area contributed by atoms with E-state index < -0.39 is 23.2 Å². The van der Waals surface area contributed by atoms with E-state index in [1.807, 2.05) is 0 Å². The number of hydrogen-bond donors (Lipinski definition) is 3. The van der Waals surface area contributed by atoms with Crippen molar-refractivity contribution in [3.63, 3.8) is 0 Å². The Morgan fingerprint density at radius 2 is 1.67 bits per heavy atom. The highest BCUT2D eigenvalue weighted by atomic mass is 16.4. The first-order chi connectivity index (χ1) is 9.78. The highest BCUT2D eigenvalue weighted by Gasteiger charge is 2.65. The molecule has 0 unspecified atom stereocenters. The first-order valence-electron chi connectivity index (χ1n) is 6.65. The van der Waals surface area contributed by atoms with Gasteiger partial charge in [-0.2, -0.15) is 0 Å². The van der Waals surface area contributed by atoms with Gasteiger partial charge >= 0.3 is 5.97 Å². The van der Waals surface area contributed by atoms with Crippen molar-refractivity contribution in [2.75, 3.05) is 12.4 Å². The zero-order valence-electron chi connectivity index (χ0n) is 12.1. The van der Waals surface area contributed by atoms with Crippen LogP contribution in [0.1, 0.15) is 24.2 Å². The third-order valence-corrected chi connectivity index (χ3v) is 4.02. The van der Waals surface area contributed by atoms with Gasteiger partial charge in [0.2, 0.25) is 5.91 Å². The number of benzene rings is 1. The molecule has 0 spiro atoms. The second kappa shape index (κ2) is 5.20. The standard InChI is InChI=1S/C15H18N2O4/c1-15(2)10(11(15)14(20)21)13(19)17-9-6-4-8(5-7-9)12(18)16-3/h4-7,10-11H,1-3H3,(H,16,18)(H,17,19)(H,20,21)/t10-,11-/m1/s1. The molecule has 0 aliphatic heterocycles. The molecule has 3 N–H and O–H groups in total. The lowest BCUT2D eigenvalue weighted by molar-refractivity contribution is -0.140. The summed E-state index contributed by atoms with van der Waals surface area (Å²) in [7, 11) is 1.54. The van der Waals surface area contributed by atoms with E-state index in [1.54, 1.807) is 45.2 Å². The van der Waals surface area contributed by atoms with Gasteiger partial charge in [-0.1, -0.05) is 13.8 Å². The van der Waals surface area contributed by atoms with Gasteiger partial charge in [0.25, 0.3) is 5.91 Å². The van der Waals surface area contributed by atoms with Crippen molar-refractivity contribution in [3.05, 3.63) is 29.8 Å². The van der Waals surface area contributed by atoms with Crippen molar-refractivity contribution < 1.29 is 19.5 Å². The number of carbonyl (C=O) groups is 3. The molecular weight excluding hydrogens is 272 g/mol. The molecule has 112 valence electrons. The number of hydrogen-bond acceptors (Lipinski definition) is 3. The Morgan fingerprint density at radius 1 is 1.10 bits per heavy atom. The van der Waals surface area contributed by atoms with E-state index in [9.17, 15) is 14.4 Å². The summed E-state index contributed by atoms with van der Waals surface area (Å²) in [6.45, 7) is 3.54. The van der Waals surface area contributed by atoms with Crippen molar-refractivity contribution in [1.82, 2.24) is 5.32 Å². The number of nitrogens with one attached hydrogen (secondary N) is 2. The summed E-state index contributed by atoms with van der Waals surface area (Å²) in [6, 6.07) is 6.43. The van der Waals surface area contributed by atoms with Crippen molar-refractivity contribution in [1.29, 1.82) is 0 Å². The molecule has 21 heavy (non-hydrogen) atoms. The van der Waals surface area contributed by atoms with Gasteiger partial charge in [0.15, 0.2) is 0 Å². The average Bonchev–Trinajstić information content (AvgIpc) is 3.02. The van der Waals surface area contributed by atoms with Crippen LogP contribution in [0.5, 0.6) is 0 Å². The van der Waals surface area contributed by atoms with Gasteiger partial charge in [-0.15, -0.1) is 0 Å². The van der Waals surface area contributed by atoms with Gasteiger partial charge in [-0.05, 0) is 29.7 Å². The van der Waals surface area contributed by atoms with Crippen molar-refractivity contribution in [2.45, 2.75) is 13.8 Å². The van der Waals surface area contributed by atoms with Gasteiger partial charge in [-0.3, -0.25) is 14.4 Å². The summed E-state index contributed by atoms with van der Waals surface area (Å²) in [4.78, 5) is 34.6. The van der Waals surface area contributed by atoms with Gasteiger partial charge in [0.05, 0.1) is 11.8 Å². The Balaban J connectivity index is 2.04. The van der Waals surface area contributed by atoms with Crippen LogP contribution in [0.3, 0.4) is 0 Å². The van der Waals surface area contributed by atoms with E-state index in [-0.39, 0.29) is 11.8 Å². The second-order valence-electron chi connectivity index (χ2n) is 5.76. The van der Waals surface area contributed by atoms with E-state index in [1.165, 1.54) is 0 Å². The van der Waals surface area contributed by atoms with Crippen LogP contribution in [0.25, 0.3) is 0 Å². The molecule has 2 amide bonds. The maximum absolute atomic E-state index is 12.1. The van der Waals surface area contributed by atoms with E-state index in [0.29, 0.717) is 11.3 Å². The van der Waals surface area contributed by atoms with Gasteiger partial charge in [0, 0.05) is 18.3 Å². The zero-order chi connectivity index (χ0) is 15.8. The minimum Gasteiger partial charge on any atom is -0.481 e. The number of carboxylic acids is 1. The smallest absolute Gasteiger partial charge is 0.307 e. The number of carbonyl (C=O) groups excluding carboxylic acids is 2. The van der Waals surface area contributed by atoms with E-state index in [0.717, 1.165) is 0 Å². The number of aliphatic carboxylic acids is 1. The van der Waals surface area contributed by atoms with Crippen LogP contribution >= 0.6 is 0 Å². The molecule has 6 nitrogen and oxygen atoms in total. The summed E-state index contributed by atoms with van der Waals surface area (Å²) >= 11 is 0. The molecule has 1 saturated carbocycles. The maximum atomic E-state index is 12.1. The molecular formula is C15H18N2O4. The molecule has 1 aromatic rings. The largest absolute Gasteiger partial charge is 0.481 e. The molecule has 0 heterocycles. The minimum atomic E-state index is -0.949. The SMILES string of the molecule is CNC(=O)c1ccc(NC(=O)[C@H]2[C@H](C(=O)O)C2(C)C)cc1. The van der Waals surface area contributed by atoms with Gasteiger partial charge in [0.1, 0.15) is 0 Å². The molecule has 1 fully saturated rings. The Kier molecular flexibility index (Phi) is 3.72. The fourth-order valence-electron chi connectivity index (χ4n) is 2.66. The van der Waals surface area contributed by atoms with Crippen LogP contribution < -0.4 is 10.6 Å². The summed E-state index contributed by atoms with van der Waals surface area (Å²) in [5, 5.41) is 14.3. The predicted octanol–water partition coefficient (Wildman–Crippen LogP) is 1.34. The maximum Gasteiger partial charge on any atom is 0.307 e. The van der Waals surface area contributed by atoms with Crippen LogP contribution in [-0.2, 0) is 9.59 Å². The molecule has 2 rings (SSSR count). The third-order valence-electron chi connectivity index (χ3n) is 4.02. The lowest BCUT2D eigenvalue weighted by Crippen LogP contribution is -2.19. The minimum absolute atomic E-state index is 0.206. The molecule has 1 aliphatic rings. The van der Waals surface area contributed by atoms with Gasteiger partial charge in [-0.25, -0.2) is 0 Å². The Morgan fingerprint density at radius 3 is 2.10 bits per heavy atom. The van der Waals surface area contributed by atoms with Gasteiger partial charge < -0.3 is 15.7 Å².